The van der Waals surface area contributed by atoms with Gasteiger partial charge >= 0.3 is 11.6 Å². The second kappa shape index (κ2) is 6.43. The molecule has 0 radical (unpaired) electrons. The number of hydrogen-bond acceptors (Lipinski definition) is 4. The molecule has 0 fully saturated rings. The van der Waals surface area contributed by atoms with Crippen molar-refractivity contribution in [3.63, 3.8) is 0 Å². The quantitative estimate of drug-likeness (QED) is 0.855. The number of aliphatic carboxylic acids is 1. The third-order valence-electron chi connectivity index (χ3n) is 3.32. The number of nitrogens with zero attached hydrogens (tertiary/aromatic N) is 1. The molecule has 1 amide bonds. The maximum absolute atomic E-state index is 12.5. The lowest BCUT2D eigenvalue weighted by molar-refractivity contribution is -0.137. The average molecular weight is 303 g/mol. The molecular weight excluding hydrogens is 286 g/mol. The smallest absolute Gasteiger partial charge is 0.349 e. The summed E-state index contributed by atoms with van der Waals surface area (Å²) in [5, 5.41) is 9.42. The van der Waals surface area contributed by atoms with Crippen LogP contribution in [0.1, 0.15) is 30.6 Å². The molecule has 6 heteroatoms. The van der Waals surface area contributed by atoms with E-state index in [1.807, 2.05) is 0 Å². The van der Waals surface area contributed by atoms with Crippen LogP contribution in [0, 0.1) is 0 Å². The number of rotatable bonds is 5. The van der Waals surface area contributed by atoms with Gasteiger partial charge in [0.1, 0.15) is 11.1 Å². The van der Waals surface area contributed by atoms with Gasteiger partial charge in [0.15, 0.2) is 0 Å². The summed E-state index contributed by atoms with van der Waals surface area (Å²) in [6.45, 7) is 3.57. The maximum atomic E-state index is 12.5. The van der Waals surface area contributed by atoms with Crippen LogP contribution in [0.5, 0.6) is 0 Å². The lowest BCUT2D eigenvalue weighted by Crippen LogP contribution is -2.40. The Bertz CT molecular complexity index is 762. The molecule has 0 aliphatic heterocycles. The van der Waals surface area contributed by atoms with E-state index in [1.165, 1.54) is 11.0 Å². The number of carboxylic acids is 1. The van der Waals surface area contributed by atoms with Crippen molar-refractivity contribution in [2.24, 2.45) is 0 Å². The topological polar surface area (TPSA) is 87.8 Å². The molecule has 0 bridgehead atoms. The minimum absolute atomic E-state index is 0.0398. The SMILES string of the molecule is CC(C)N(CCC(=O)O)C(=O)c1cc2ccccc2oc1=O. The Morgan fingerprint density at radius 3 is 2.59 bits per heavy atom. The molecule has 0 aliphatic rings. The summed E-state index contributed by atoms with van der Waals surface area (Å²) >= 11 is 0. The van der Waals surface area contributed by atoms with Crippen LogP contribution in [0.4, 0.5) is 0 Å². The highest BCUT2D eigenvalue weighted by Crippen LogP contribution is 2.15. The molecular formula is C16H17NO5. The molecule has 6 nitrogen and oxygen atoms in total. The highest BCUT2D eigenvalue weighted by atomic mass is 16.4. The van der Waals surface area contributed by atoms with Crippen LogP contribution < -0.4 is 5.63 Å². The predicted octanol–water partition coefficient (Wildman–Crippen LogP) is 2.12. The Balaban J connectivity index is 2.39. The lowest BCUT2D eigenvalue weighted by atomic mass is 10.1. The maximum Gasteiger partial charge on any atom is 0.349 e. The first-order chi connectivity index (χ1) is 10.4. The van der Waals surface area contributed by atoms with Crippen molar-refractivity contribution in [2.45, 2.75) is 26.3 Å². The number of benzene rings is 1. The molecule has 22 heavy (non-hydrogen) atoms. The van der Waals surface area contributed by atoms with Gasteiger partial charge in [0.05, 0.1) is 6.42 Å². The minimum atomic E-state index is -0.996. The Morgan fingerprint density at radius 1 is 1.27 bits per heavy atom. The van der Waals surface area contributed by atoms with Crippen molar-refractivity contribution in [3.8, 4) is 0 Å². The lowest BCUT2D eigenvalue weighted by Gasteiger charge is -2.25. The van der Waals surface area contributed by atoms with Gasteiger partial charge in [0, 0.05) is 18.0 Å². The first-order valence-corrected chi connectivity index (χ1v) is 6.96. The summed E-state index contributed by atoms with van der Waals surface area (Å²) in [5.41, 5.74) is -0.395. The van der Waals surface area contributed by atoms with E-state index in [9.17, 15) is 14.4 Å². The molecule has 0 unspecified atom stereocenters. The summed E-state index contributed by atoms with van der Waals surface area (Å²) in [7, 11) is 0. The molecule has 2 aromatic rings. The van der Waals surface area contributed by atoms with E-state index in [0.29, 0.717) is 11.0 Å². The minimum Gasteiger partial charge on any atom is -0.481 e. The van der Waals surface area contributed by atoms with E-state index in [-0.39, 0.29) is 24.6 Å². The second-order valence-corrected chi connectivity index (χ2v) is 5.22. The van der Waals surface area contributed by atoms with Gasteiger partial charge in [0.25, 0.3) is 5.91 Å². The Hall–Kier alpha value is -2.63. The zero-order chi connectivity index (χ0) is 16.3. The van der Waals surface area contributed by atoms with E-state index in [4.69, 9.17) is 9.52 Å². The highest BCUT2D eigenvalue weighted by Gasteiger charge is 2.23. The van der Waals surface area contributed by atoms with Crippen molar-refractivity contribution in [3.05, 3.63) is 46.3 Å². The molecule has 0 saturated heterocycles. The summed E-state index contributed by atoms with van der Waals surface area (Å²) in [5.74, 6) is -1.51. The van der Waals surface area contributed by atoms with Crippen LogP contribution >= 0.6 is 0 Å². The second-order valence-electron chi connectivity index (χ2n) is 5.22. The third-order valence-corrected chi connectivity index (χ3v) is 3.32. The van der Waals surface area contributed by atoms with E-state index >= 15 is 0 Å². The van der Waals surface area contributed by atoms with E-state index in [2.05, 4.69) is 0 Å². The van der Waals surface area contributed by atoms with Gasteiger partial charge in [-0.15, -0.1) is 0 Å². The summed E-state index contributed by atoms with van der Waals surface area (Å²) in [4.78, 5) is 36.6. The molecule has 0 atom stereocenters. The number of fused-ring (bicyclic) bond motifs is 1. The number of carbonyl (C=O) groups is 2. The van der Waals surface area contributed by atoms with Gasteiger partial charge in [-0.2, -0.15) is 0 Å². The van der Waals surface area contributed by atoms with Crippen molar-refractivity contribution in [1.82, 2.24) is 4.90 Å². The zero-order valence-electron chi connectivity index (χ0n) is 12.4. The molecule has 1 heterocycles. The number of carbonyl (C=O) groups excluding carboxylic acids is 1. The fraction of sp³-hybridized carbons (Fsp3) is 0.312. The molecule has 0 saturated carbocycles. The number of amides is 1. The van der Waals surface area contributed by atoms with Gasteiger partial charge < -0.3 is 14.4 Å². The van der Waals surface area contributed by atoms with Crippen LogP contribution in [-0.2, 0) is 4.79 Å². The number of carboxylic acid groups (broad SMARTS) is 1. The summed E-state index contributed by atoms with van der Waals surface area (Å²) in [6, 6.07) is 8.17. The zero-order valence-corrected chi connectivity index (χ0v) is 12.4. The van der Waals surface area contributed by atoms with Crippen LogP contribution in [-0.4, -0.2) is 34.5 Å². The van der Waals surface area contributed by atoms with Crippen molar-refractivity contribution < 1.29 is 19.1 Å². The number of hydrogen-bond donors (Lipinski definition) is 1. The monoisotopic (exact) mass is 303 g/mol. The van der Waals surface area contributed by atoms with Crippen LogP contribution in [0.15, 0.2) is 39.5 Å². The van der Waals surface area contributed by atoms with Gasteiger partial charge in [-0.1, -0.05) is 18.2 Å². The normalized spacial score (nSPS) is 10.9. The van der Waals surface area contributed by atoms with Crippen LogP contribution in [0.25, 0.3) is 11.0 Å². The van der Waals surface area contributed by atoms with Crippen LogP contribution in [0.3, 0.4) is 0 Å². The van der Waals surface area contributed by atoms with Crippen molar-refractivity contribution >= 4 is 22.8 Å². The first-order valence-electron chi connectivity index (χ1n) is 6.96. The average Bonchev–Trinajstić information content (AvgIpc) is 2.45. The van der Waals surface area contributed by atoms with Crippen LogP contribution in [0.2, 0.25) is 0 Å². The molecule has 0 spiro atoms. The summed E-state index contributed by atoms with van der Waals surface area (Å²) < 4.78 is 5.15. The molecule has 2 rings (SSSR count). The summed E-state index contributed by atoms with van der Waals surface area (Å²) in [6.07, 6.45) is -0.178. The highest BCUT2D eigenvalue weighted by molar-refractivity contribution is 5.96. The molecule has 1 aromatic carbocycles. The first kappa shape index (κ1) is 15.8. The molecule has 0 aliphatic carbocycles. The Kier molecular flexibility index (Phi) is 4.60. The van der Waals surface area contributed by atoms with E-state index in [0.717, 1.165) is 0 Å². The molecule has 116 valence electrons. The van der Waals surface area contributed by atoms with E-state index < -0.39 is 17.5 Å². The Labute approximate surface area is 127 Å². The van der Waals surface area contributed by atoms with Gasteiger partial charge in [0.2, 0.25) is 0 Å². The molecule has 1 aromatic heterocycles. The fourth-order valence-corrected chi connectivity index (χ4v) is 2.18. The third kappa shape index (κ3) is 3.33. The fourth-order valence-electron chi connectivity index (χ4n) is 2.18. The largest absolute Gasteiger partial charge is 0.481 e. The Morgan fingerprint density at radius 2 is 1.95 bits per heavy atom. The van der Waals surface area contributed by atoms with Gasteiger partial charge in [-0.3, -0.25) is 9.59 Å². The molecule has 1 N–H and O–H groups in total. The predicted molar refractivity (Wildman–Crippen MR) is 80.9 cm³/mol. The van der Waals surface area contributed by atoms with Gasteiger partial charge in [-0.05, 0) is 26.0 Å². The van der Waals surface area contributed by atoms with E-state index in [1.54, 1.807) is 38.1 Å². The van der Waals surface area contributed by atoms with Gasteiger partial charge in [-0.25, -0.2) is 4.79 Å². The van der Waals surface area contributed by atoms with Crippen molar-refractivity contribution in [2.75, 3.05) is 6.54 Å². The number of para-hydroxylation sites is 1. The standard InChI is InChI=1S/C16H17NO5/c1-10(2)17(8-7-14(18)19)15(20)12-9-11-5-3-4-6-13(11)22-16(12)21/h3-6,9-10H,7-8H2,1-2H3,(H,18,19). The van der Waals surface area contributed by atoms with Crippen molar-refractivity contribution in [1.29, 1.82) is 0 Å².